The van der Waals surface area contributed by atoms with Gasteiger partial charge < -0.3 is 39.4 Å². The summed E-state index contributed by atoms with van der Waals surface area (Å²) in [7, 11) is 0. The van der Waals surface area contributed by atoms with Gasteiger partial charge in [0.05, 0.1) is 13.2 Å². The van der Waals surface area contributed by atoms with Crippen molar-refractivity contribution in [3.05, 3.63) is 60.8 Å². The zero-order chi connectivity index (χ0) is 45.1. The Balaban J connectivity index is 2.31. The van der Waals surface area contributed by atoms with Gasteiger partial charge in [-0.05, 0) is 57.8 Å². The molecule has 0 aromatic carbocycles. The summed E-state index contributed by atoms with van der Waals surface area (Å²) in [6.07, 6.45) is 45.1. The molecule has 1 fully saturated rings. The molecular formula is C52H90O10. The molecule has 10 nitrogen and oxygen atoms in total. The Morgan fingerprint density at radius 2 is 0.952 bits per heavy atom. The highest BCUT2D eigenvalue weighted by molar-refractivity contribution is 5.70. The second kappa shape index (κ2) is 42.4. The van der Waals surface area contributed by atoms with E-state index in [4.69, 9.17) is 18.9 Å². The standard InChI is InChI=1S/C52H90O10/c1-3-5-7-9-11-13-15-17-19-21-23-25-27-29-31-33-35-37-39-41-48(55)61-45(44-60-52-51(58)50(57)49(56)46(42-53)62-52)43-59-47(54)40-38-36-34-32-30-28-26-24-22-20-18-16-14-12-10-8-6-4-2/h5,7,11,13,17,19,23,25,29,31,45-46,49-53,56-58H,3-4,6,8-10,12,14-16,18,20-22,24,26-28,30,32-44H2,1-2H3/b7-5-,13-11-,19-17-,25-23-,31-29-. The number of allylic oxidation sites excluding steroid dienone is 10. The third kappa shape index (κ3) is 33.0. The Kier molecular flexibility index (Phi) is 39.2. The Hall–Kier alpha value is -2.60. The van der Waals surface area contributed by atoms with Gasteiger partial charge in [-0.3, -0.25) is 9.59 Å². The molecule has 0 aliphatic carbocycles. The van der Waals surface area contributed by atoms with Gasteiger partial charge in [-0.15, -0.1) is 0 Å². The van der Waals surface area contributed by atoms with Crippen LogP contribution >= 0.6 is 0 Å². The van der Waals surface area contributed by atoms with Crippen LogP contribution in [0.25, 0.3) is 0 Å². The number of carbonyl (C=O) groups is 2. The SMILES string of the molecule is CC/C=C\C/C=C\C/C=C\C/C=C\C/C=C\CCCCCC(=O)OC(COC(=O)CCCCCCCCCCCCCCCCCCCC)COC1OC(CO)C(O)C(O)C1O. The van der Waals surface area contributed by atoms with E-state index in [9.17, 15) is 30.0 Å². The number of rotatable bonds is 41. The van der Waals surface area contributed by atoms with Crippen LogP contribution < -0.4 is 0 Å². The van der Waals surface area contributed by atoms with Crippen molar-refractivity contribution in [2.45, 2.75) is 237 Å². The van der Waals surface area contributed by atoms with E-state index in [1.807, 2.05) is 0 Å². The lowest BCUT2D eigenvalue weighted by atomic mass is 9.99. The lowest BCUT2D eigenvalue weighted by molar-refractivity contribution is -0.305. The second-order valence-corrected chi connectivity index (χ2v) is 16.9. The van der Waals surface area contributed by atoms with Gasteiger partial charge in [-0.25, -0.2) is 0 Å². The normalized spacial score (nSPS) is 20.1. The molecule has 0 saturated carbocycles. The summed E-state index contributed by atoms with van der Waals surface area (Å²) in [6.45, 7) is 3.29. The highest BCUT2D eigenvalue weighted by Gasteiger charge is 2.44. The number of carbonyl (C=O) groups excluding carboxylic acids is 2. The largest absolute Gasteiger partial charge is 0.462 e. The first-order chi connectivity index (χ1) is 30.3. The highest BCUT2D eigenvalue weighted by atomic mass is 16.7. The average molecular weight is 875 g/mol. The maximum atomic E-state index is 12.8. The fourth-order valence-electron chi connectivity index (χ4n) is 7.27. The van der Waals surface area contributed by atoms with Crippen LogP contribution in [-0.2, 0) is 28.5 Å². The molecule has 0 radical (unpaired) electrons. The van der Waals surface area contributed by atoms with Crippen LogP contribution in [0, 0.1) is 0 Å². The lowest BCUT2D eigenvalue weighted by Crippen LogP contribution is -2.59. The van der Waals surface area contributed by atoms with Crippen LogP contribution in [0.2, 0.25) is 0 Å². The van der Waals surface area contributed by atoms with Crippen molar-refractivity contribution in [3.8, 4) is 0 Å². The first-order valence-corrected chi connectivity index (χ1v) is 24.9. The summed E-state index contributed by atoms with van der Waals surface area (Å²) in [4.78, 5) is 25.4. The first kappa shape index (κ1) is 57.4. The van der Waals surface area contributed by atoms with Crippen LogP contribution in [0.4, 0.5) is 0 Å². The molecule has 1 aliphatic heterocycles. The molecule has 1 rings (SSSR count). The van der Waals surface area contributed by atoms with Crippen molar-refractivity contribution in [2.75, 3.05) is 19.8 Å². The Bertz CT molecular complexity index is 1190. The fourth-order valence-corrected chi connectivity index (χ4v) is 7.27. The lowest BCUT2D eigenvalue weighted by Gasteiger charge is -2.39. The summed E-state index contributed by atoms with van der Waals surface area (Å²) in [5.74, 6) is -0.841. The molecule has 62 heavy (non-hydrogen) atoms. The van der Waals surface area contributed by atoms with Gasteiger partial charge in [-0.1, -0.05) is 190 Å². The van der Waals surface area contributed by atoms with Gasteiger partial charge in [-0.2, -0.15) is 0 Å². The van der Waals surface area contributed by atoms with Gasteiger partial charge >= 0.3 is 11.9 Å². The zero-order valence-corrected chi connectivity index (χ0v) is 39.1. The van der Waals surface area contributed by atoms with Crippen molar-refractivity contribution in [1.82, 2.24) is 0 Å². The van der Waals surface area contributed by atoms with Crippen LogP contribution in [0.3, 0.4) is 0 Å². The molecule has 1 saturated heterocycles. The smallest absolute Gasteiger partial charge is 0.306 e. The minimum absolute atomic E-state index is 0.190. The van der Waals surface area contributed by atoms with Crippen molar-refractivity contribution in [1.29, 1.82) is 0 Å². The fraction of sp³-hybridized carbons (Fsp3) is 0.769. The number of aliphatic hydroxyl groups is 4. The van der Waals surface area contributed by atoms with Crippen LogP contribution in [0.1, 0.15) is 200 Å². The maximum Gasteiger partial charge on any atom is 0.306 e. The molecule has 358 valence electrons. The van der Waals surface area contributed by atoms with Gasteiger partial charge in [0.1, 0.15) is 31.0 Å². The van der Waals surface area contributed by atoms with Crippen molar-refractivity contribution in [2.24, 2.45) is 0 Å². The van der Waals surface area contributed by atoms with Crippen LogP contribution in [0.5, 0.6) is 0 Å². The quantitative estimate of drug-likeness (QED) is 0.0265. The third-order valence-corrected chi connectivity index (χ3v) is 11.2. The van der Waals surface area contributed by atoms with Gasteiger partial charge in [0.15, 0.2) is 12.4 Å². The van der Waals surface area contributed by atoms with E-state index in [2.05, 4.69) is 74.6 Å². The van der Waals surface area contributed by atoms with Crippen LogP contribution in [-0.4, -0.2) is 89.0 Å². The molecular weight excluding hydrogens is 785 g/mol. The van der Waals surface area contributed by atoms with E-state index in [1.54, 1.807) is 0 Å². The second-order valence-electron chi connectivity index (χ2n) is 16.9. The predicted octanol–water partition coefficient (Wildman–Crippen LogP) is 11.4. The van der Waals surface area contributed by atoms with E-state index in [-0.39, 0.29) is 32.0 Å². The number of aliphatic hydroxyl groups excluding tert-OH is 4. The number of esters is 2. The number of unbranched alkanes of at least 4 members (excludes halogenated alkanes) is 20. The summed E-state index contributed by atoms with van der Waals surface area (Å²) >= 11 is 0. The van der Waals surface area contributed by atoms with E-state index in [1.165, 1.54) is 96.3 Å². The van der Waals surface area contributed by atoms with Crippen molar-refractivity contribution in [3.63, 3.8) is 0 Å². The van der Waals surface area contributed by atoms with Crippen LogP contribution in [0.15, 0.2) is 60.8 Å². The zero-order valence-electron chi connectivity index (χ0n) is 39.1. The van der Waals surface area contributed by atoms with Gasteiger partial charge in [0.2, 0.25) is 0 Å². The minimum atomic E-state index is -1.60. The molecule has 1 heterocycles. The molecule has 0 aromatic rings. The Morgan fingerprint density at radius 1 is 0.516 bits per heavy atom. The highest BCUT2D eigenvalue weighted by Crippen LogP contribution is 2.23. The van der Waals surface area contributed by atoms with Gasteiger partial charge in [0.25, 0.3) is 0 Å². The number of ether oxygens (including phenoxy) is 4. The van der Waals surface area contributed by atoms with E-state index >= 15 is 0 Å². The molecule has 4 N–H and O–H groups in total. The molecule has 1 aliphatic rings. The molecule has 0 spiro atoms. The predicted molar refractivity (Wildman–Crippen MR) is 251 cm³/mol. The van der Waals surface area contributed by atoms with Crippen molar-refractivity contribution < 1.29 is 49.0 Å². The average Bonchev–Trinajstić information content (AvgIpc) is 3.27. The summed E-state index contributed by atoms with van der Waals surface area (Å²) in [6, 6.07) is 0. The summed E-state index contributed by atoms with van der Waals surface area (Å²) in [5.41, 5.74) is 0. The summed E-state index contributed by atoms with van der Waals surface area (Å²) in [5, 5.41) is 40.2. The van der Waals surface area contributed by atoms with Gasteiger partial charge in [0, 0.05) is 12.8 Å². The Labute approximate surface area is 377 Å². The molecule has 0 bridgehead atoms. The monoisotopic (exact) mass is 875 g/mol. The molecule has 6 unspecified atom stereocenters. The number of hydrogen-bond donors (Lipinski definition) is 4. The Morgan fingerprint density at radius 3 is 1.44 bits per heavy atom. The minimum Gasteiger partial charge on any atom is -0.462 e. The van der Waals surface area contributed by atoms with E-state index < -0.39 is 49.4 Å². The maximum absolute atomic E-state index is 12.8. The number of hydrogen-bond acceptors (Lipinski definition) is 10. The molecule has 6 atom stereocenters. The molecule has 10 heteroatoms. The summed E-state index contributed by atoms with van der Waals surface area (Å²) < 4.78 is 22.2. The third-order valence-electron chi connectivity index (χ3n) is 11.2. The molecule has 0 aromatic heterocycles. The molecule has 0 amide bonds. The van der Waals surface area contributed by atoms with E-state index in [0.29, 0.717) is 6.42 Å². The first-order valence-electron chi connectivity index (χ1n) is 24.9. The van der Waals surface area contributed by atoms with E-state index in [0.717, 1.165) is 70.6 Å². The van der Waals surface area contributed by atoms with Crippen molar-refractivity contribution >= 4 is 11.9 Å². The topological polar surface area (TPSA) is 152 Å².